The standard InChI is InChI=1S/C20H24N2O3/c1-21-9-4-7-17(21)18-14-24-12-10-22(18)20(23)13-19-16-6-3-2-5-15(16)8-11-25-19/h2-7,9,18-19H,8,10-14H2,1H3/t18-,19-/m1/s1. The molecule has 0 saturated carbocycles. The van der Waals surface area contributed by atoms with E-state index in [-0.39, 0.29) is 18.1 Å². The van der Waals surface area contributed by atoms with Crippen LogP contribution in [-0.4, -0.2) is 41.7 Å². The summed E-state index contributed by atoms with van der Waals surface area (Å²) in [5.74, 6) is 0.135. The highest BCUT2D eigenvalue weighted by Crippen LogP contribution is 2.32. The number of aryl methyl sites for hydroxylation is 1. The van der Waals surface area contributed by atoms with Crippen molar-refractivity contribution in [3.63, 3.8) is 0 Å². The largest absolute Gasteiger partial charge is 0.377 e. The van der Waals surface area contributed by atoms with Crippen molar-refractivity contribution in [2.45, 2.75) is 25.0 Å². The Morgan fingerprint density at radius 2 is 2.08 bits per heavy atom. The first-order valence-corrected chi connectivity index (χ1v) is 8.92. The molecule has 0 spiro atoms. The number of aromatic nitrogens is 1. The summed E-state index contributed by atoms with van der Waals surface area (Å²) in [6.45, 7) is 2.45. The third kappa shape index (κ3) is 3.22. The number of nitrogens with zero attached hydrogens (tertiary/aromatic N) is 2. The normalized spacial score (nSPS) is 23.3. The number of carbonyl (C=O) groups is 1. The van der Waals surface area contributed by atoms with Crippen LogP contribution in [0.15, 0.2) is 42.6 Å². The van der Waals surface area contributed by atoms with Crippen LogP contribution in [0.3, 0.4) is 0 Å². The van der Waals surface area contributed by atoms with Gasteiger partial charge >= 0.3 is 0 Å². The van der Waals surface area contributed by atoms with Crippen molar-refractivity contribution in [1.29, 1.82) is 0 Å². The van der Waals surface area contributed by atoms with E-state index in [1.54, 1.807) is 0 Å². The molecule has 132 valence electrons. The average Bonchev–Trinajstić information content (AvgIpc) is 3.08. The molecule has 0 unspecified atom stereocenters. The van der Waals surface area contributed by atoms with E-state index < -0.39 is 0 Å². The summed E-state index contributed by atoms with van der Waals surface area (Å²) in [6.07, 6.45) is 3.17. The third-order valence-electron chi connectivity index (χ3n) is 5.23. The van der Waals surface area contributed by atoms with E-state index >= 15 is 0 Å². The molecule has 3 heterocycles. The van der Waals surface area contributed by atoms with Gasteiger partial charge in [0.15, 0.2) is 0 Å². The second-order valence-electron chi connectivity index (χ2n) is 6.73. The quantitative estimate of drug-likeness (QED) is 0.863. The Morgan fingerprint density at radius 1 is 1.20 bits per heavy atom. The Labute approximate surface area is 148 Å². The molecular weight excluding hydrogens is 316 g/mol. The number of hydrogen-bond donors (Lipinski definition) is 0. The van der Waals surface area contributed by atoms with E-state index in [0.29, 0.717) is 32.8 Å². The lowest BCUT2D eigenvalue weighted by atomic mass is 9.95. The van der Waals surface area contributed by atoms with Crippen LogP contribution in [0, 0.1) is 0 Å². The molecule has 2 aliphatic heterocycles. The van der Waals surface area contributed by atoms with Crippen LogP contribution in [0.2, 0.25) is 0 Å². The van der Waals surface area contributed by atoms with Crippen molar-refractivity contribution in [3.05, 3.63) is 59.4 Å². The number of fused-ring (bicyclic) bond motifs is 1. The first kappa shape index (κ1) is 16.4. The first-order valence-electron chi connectivity index (χ1n) is 8.92. The molecular formula is C20H24N2O3. The monoisotopic (exact) mass is 340 g/mol. The number of morpholine rings is 1. The molecule has 1 saturated heterocycles. The molecule has 5 nitrogen and oxygen atoms in total. The van der Waals surface area contributed by atoms with Crippen LogP contribution in [0.25, 0.3) is 0 Å². The van der Waals surface area contributed by atoms with Crippen LogP contribution in [0.1, 0.15) is 35.4 Å². The molecule has 1 aromatic carbocycles. The zero-order valence-corrected chi connectivity index (χ0v) is 14.6. The fourth-order valence-corrected chi connectivity index (χ4v) is 3.89. The van der Waals surface area contributed by atoms with Gasteiger partial charge in [-0.25, -0.2) is 0 Å². The number of carbonyl (C=O) groups excluding carboxylic acids is 1. The Bertz CT molecular complexity index is 755. The van der Waals surface area contributed by atoms with Crippen molar-refractivity contribution in [2.24, 2.45) is 7.05 Å². The molecule has 5 heteroatoms. The number of hydrogen-bond acceptors (Lipinski definition) is 3. The van der Waals surface area contributed by atoms with Gasteiger partial charge in [-0.2, -0.15) is 0 Å². The Hall–Kier alpha value is -2.11. The maximum Gasteiger partial charge on any atom is 0.226 e. The van der Waals surface area contributed by atoms with E-state index in [2.05, 4.69) is 28.8 Å². The lowest BCUT2D eigenvalue weighted by molar-refractivity contribution is -0.143. The predicted molar refractivity (Wildman–Crippen MR) is 94.1 cm³/mol. The van der Waals surface area contributed by atoms with Gasteiger partial charge in [-0.3, -0.25) is 4.79 Å². The molecule has 0 bridgehead atoms. The third-order valence-corrected chi connectivity index (χ3v) is 5.23. The van der Waals surface area contributed by atoms with Crippen molar-refractivity contribution in [2.75, 3.05) is 26.4 Å². The lowest BCUT2D eigenvalue weighted by Gasteiger charge is -2.37. The van der Waals surface area contributed by atoms with Crippen molar-refractivity contribution in [3.8, 4) is 0 Å². The van der Waals surface area contributed by atoms with Crippen LogP contribution in [-0.2, 0) is 27.7 Å². The molecule has 1 fully saturated rings. The molecule has 1 aromatic heterocycles. The number of ether oxygens (including phenoxy) is 2. The summed E-state index contributed by atoms with van der Waals surface area (Å²) in [6, 6.07) is 12.3. The minimum atomic E-state index is -0.144. The van der Waals surface area contributed by atoms with E-state index in [1.165, 1.54) is 5.56 Å². The van der Waals surface area contributed by atoms with Crippen molar-refractivity contribution >= 4 is 5.91 Å². The van der Waals surface area contributed by atoms with E-state index in [0.717, 1.165) is 17.7 Å². The highest BCUT2D eigenvalue weighted by atomic mass is 16.5. The van der Waals surface area contributed by atoms with Crippen molar-refractivity contribution in [1.82, 2.24) is 9.47 Å². The van der Waals surface area contributed by atoms with Gasteiger partial charge in [-0.15, -0.1) is 0 Å². The zero-order valence-electron chi connectivity index (χ0n) is 14.6. The second kappa shape index (κ2) is 7.02. The van der Waals surface area contributed by atoms with Gasteiger partial charge in [0.1, 0.15) is 0 Å². The predicted octanol–water partition coefficient (Wildman–Crippen LogP) is 2.63. The topological polar surface area (TPSA) is 43.7 Å². The molecule has 2 atom stereocenters. The zero-order chi connectivity index (χ0) is 17.2. The van der Waals surface area contributed by atoms with E-state index in [1.807, 2.05) is 30.3 Å². The molecule has 4 rings (SSSR count). The molecule has 0 radical (unpaired) electrons. The summed E-state index contributed by atoms with van der Waals surface area (Å²) in [5, 5.41) is 0. The van der Waals surface area contributed by atoms with Crippen LogP contribution in [0.4, 0.5) is 0 Å². The molecule has 0 aliphatic carbocycles. The molecule has 0 N–H and O–H groups in total. The fourth-order valence-electron chi connectivity index (χ4n) is 3.89. The summed E-state index contributed by atoms with van der Waals surface area (Å²) >= 11 is 0. The van der Waals surface area contributed by atoms with Crippen LogP contribution >= 0.6 is 0 Å². The Kier molecular flexibility index (Phi) is 4.59. The van der Waals surface area contributed by atoms with Crippen LogP contribution < -0.4 is 0 Å². The van der Waals surface area contributed by atoms with Gasteiger partial charge in [0, 0.05) is 25.5 Å². The minimum absolute atomic E-state index is 0.0277. The minimum Gasteiger partial charge on any atom is -0.377 e. The summed E-state index contributed by atoms with van der Waals surface area (Å²) in [7, 11) is 2.01. The average molecular weight is 340 g/mol. The van der Waals surface area contributed by atoms with Crippen molar-refractivity contribution < 1.29 is 14.3 Å². The van der Waals surface area contributed by atoms with Gasteiger partial charge in [0.25, 0.3) is 0 Å². The fraction of sp³-hybridized carbons (Fsp3) is 0.450. The van der Waals surface area contributed by atoms with E-state index in [4.69, 9.17) is 9.47 Å². The lowest BCUT2D eigenvalue weighted by Crippen LogP contribution is -2.44. The van der Waals surface area contributed by atoms with Gasteiger partial charge in [-0.1, -0.05) is 24.3 Å². The van der Waals surface area contributed by atoms with Gasteiger partial charge in [-0.05, 0) is 29.7 Å². The number of benzene rings is 1. The number of amides is 1. The van der Waals surface area contributed by atoms with Gasteiger partial charge in [0.05, 0.1) is 38.4 Å². The molecule has 1 amide bonds. The highest BCUT2D eigenvalue weighted by Gasteiger charge is 2.32. The van der Waals surface area contributed by atoms with Gasteiger partial charge in [0.2, 0.25) is 5.91 Å². The highest BCUT2D eigenvalue weighted by molar-refractivity contribution is 5.77. The number of rotatable bonds is 3. The van der Waals surface area contributed by atoms with E-state index in [9.17, 15) is 4.79 Å². The smallest absolute Gasteiger partial charge is 0.226 e. The summed E-state index contributed by atoms with van der Waals surface area (Å²) < 4.78 is 13.6. The van der Waals surface area contributed by atoms with Gasteiger partial charge < -0.3 is 18.9 Å². The molecule has 25 heavy (non-hydrogen) atoms. The molecule has 2 aromatic rings. The Morgan fingerprint density at radius 3 is 2.92 bits per heavy atom. The summed E-state index contributed by atoms with van der Waals surface area (Å²) in [4.78, 5) is 15.0. The summed E-state index contributed by atoms with van der Waals surface area (Å²) in [5.41, 5.74) is 3.57. The van der Waals surface area contributed by atoms with Crippen LogP contribution in [0.5, 0.6) is 0 Å². The SMILES string of the molecule is Cn1cccc1[C@H]1COCCN1C(=O)C[C@H]1OCCc2ccccc21. The maximum absolute atomic E-state index is 13.1. The molecule has 2 aliphatic rings. The maximum atomic E-state index is 13.1. The first-order chi connectivity index (χ1) is 12.2. The second-order valence-corrected chi connectivity index (χ2v) is 6.73. The Balaban J connectivity index is 1.53.